The first kappa shape index (κ1) is 13.8. The summed E-state index contributed by atoms with van der Waals surface area (Å²) < 4.78 is 19.0. The van der Waals surface area contributed by atoms with Crippen molar-refractivity contribution in [3.8, 4) is 5.75 Å². The van der Waals surface area contributed by atoms with Crippen molar-refractivity contribution >= 4 is 5.91 Å². The van der Waals surface area contributed by atoms with Gasteiger partial charge in [-0.3, -0.25) is 4.79 Å². The molecule has 0 aromatic heterocycles. The summed E-state index contributed by atoms with van der Waals surface area (Å²) >= 11 is 0. The van der Waals surface area contributed by atoms with E-state index in [1.54, 1.807) is 18.2 Å². The third-order valence-corrected chi connectivity index (χ3v) is 3.65. The molecule has 5 heteroatoms. The molecule has 1 saturated heterocycles. The molecule has 0 saturated carbocycles. The van der Waals surface area contributed by atoms with Gasteiger partial charge in [0.2, 0.25) is 5.91 Å². The summed E-state index contributed by atoms with van der Waals surface area (Å²) in [7, 11) is 1.44. The van der Waals surface area contributed by atoms with Crippen molar-refractivity contribution in [1.82, 2.24) is 5.32 Å². The number of benzene rings is 1. The van der Waals surface area contributed by atoms with Crippen LogP contribution in [0, 0.1) is 11.7 Å². The molecule has 1 amide bonds. The van der Waals surface area contributed by atoms with Crippen LogP contribution in [0.15, 0.2) is 18.2 Å². The van der Waals surface area contributed by atoms with Crippen LogP contribution in [0.4, 0.5) is 4.39 Å². The Morgan fingerprint density at radius 2 is 2.37 bits per heavy atom. The fourth-order valence-electron chi connectivity index (χ4n) is 2.62. The van der Waals surface area contributed by atoms with E-state index < -0.39 is 0 Å². The Kier molecular flexibility index (Phi) is 4.37. The highest BCUT2D eigenvalue weighted by Crippen LogP contribution is 2.25. The fourth-order valence-corrected chi connectivity index (χ4v) is 2.62. The molecule has 1 aliphatic rings. The number of piperidine rings is 1. The minimum absolute atomic E-state index is 0.104. The Morgan fingerprint density at radius 1 is 1.58 bits per heavy atom. The van der Waals surface area contributed by atoms with Crippen LogP contribution >= 0.6 is 0 Å². The SMILES string of the molecule is COc1cccc(CC2NCCCC2C(N)=O)c1F. The highest BCUT2D eigenvalue weighted by atomic mass is 19.1. The number of ether oxygens (including phenoxy) is 1. The van der Waals surface area contributed by atoms with Gasteiger partial charge in [0, 0.05) is 6.04 Å². The van der Waals surface area contributed by atoms with E-state index in [0.29, 0.717) is 12.0 Å². The second kappa shape index (κ2) is 6.02. The number of primary amides is 1. The maximum Gasteiger partial charge on any atom is 0.222 e. The van der Waals surface area contributed by atoms with Gasteiger partial charge in [-0.2, -0.15) is 0 Å². The molecule has 4 nitrogen and oxygen atoms in total. The molecule has 1 aliphatic heterocycles. The lowest BCUT2D eigenvalue weighted by Crippen LogP contribution is -2.48. The van der Waals surface area contributed by atoms with Crippen molar-refractivity contribution < 1.29 is 13.9 Å². The zero-order valence-electron chi connectivity index (χ0n) is 11.0. The molecular formula is C14H19FN2O2. The third kappa shape index (κ3) is 3.04. The Morgan fingerprint density at radius 3 is 3.05 bits per heavy atom. The largest absolute Gasteiger partial charge is 0.494 e. The first-order valence-electron chi connectivity index (χ1n) is 6.47. The van der Waals surface area contributed by atoms with Gasteiger partial charge in [-0.05, 0) is 37.4 Å². The van der Waals surface area contributed by atoms with E-state index >= 15 is 0 Å². The molecular weight excluding hydrogens is 247 g/mol. The maximum atomic E-state index is 14.1. The van der Waals surface area contributed by atoms with Crippen LogP contribution in [0.3, 0.4) is 0 Å². The normalized spacial score (nSPS) is 23.1. The molecule has 0 radical (unpaired) electrons. The number of nitrogens with one attached hydrogen (secondary N) is 1. The Balaban J connectivity index is 2.17. The summed E-state index contributed by atoms with van der Waals surface area (Å²) in [5.41, 5.74) is 5.95. The first-order valence-corrected chi connectivity index (χ1v) is 6.47. The molecule has 1 aromatic carbocycles. The van der Waals surface area contributed by atoms with Crippen LogP contribution in [0.1, 0.15) is 18.4 Å². The van der Waals surface area contributed by atoms with E-state index in [0.717, 1.165) is 19.4 Å². The summed E-state index contributed by atoms with van der Waals surface area (Å²) in [5, 5.41) is 3.26. The van der Waals surface area contributed by atoms with Crippen molar-refractivity contribution in [2.75, 3.05) is 13.7 Å². The first-order chi connectivity index (χ1) is 9.13. The molecule has 104 valence electrons. The molecule has 1 fully saturated rings. The predicted molar refractivity (Wildman–Crippen MR) is 70.4 cm³/mol. The van der Waals surface area contributed by atoms with Gasteiger partial charge >= 0.3 is 0 Å². The van der Waals surface area contributed by atoms with Crippen LogP contribution in [0.2, 0.25) is 0 Å². The number of rotatable bonds is 4. The lowest BCUT2D eigenvalue weighted by molar-refractivity contribution is -0.123. The lowest BCUT2D eigenvalue weighted by atomic mass is 9.86. The minimum atomic E-state index is -0.361. The van der Waals surface area contributed by atoms with E-state index in [4.69, 9.17) is 10.5 Å². The smallest absolute Gasteiger partial charge is 0.222 e. The van der Waals surface area contributed by atoms with Gasteiger partial charge in [0.25, 0.3) is 0 Å². The van der Waals surface area contributed by atoms with Gasteiger partial charge in [-0.25, -0.2) is 4.39 Å². The summed E-state index contributed by atoms with van der Waals surface area (Å²) in [4.78, 5) is 11.4. The molecule has 0 aliphatic carbocycles. The summed E-state index contributed by atoms with van der Waals surface area (Å²) in [6, 6.07) is 4.94. The van der Waals surface area contributed by atoms with Crippen molar-refractivity contribution in [3.63, 3.8) is 0 Å². The molecule has 0 bridgehead atoms. The van der Waals surface area contributed by atoms with Gasteiger partial charge in [-0.15, -0.1) is 0 Å². The molecule has 2 unspecified atom stereocenters. The third-order valence-electron chi connectivity index (χ3n) is 3.65. The van der Waals surface area contributed by atoms with Crippen molar-refractivity contribution in [3.05, 3.63) is 29.6 Å². The zero-order chi connectivity index (χ0) is 13.8. The zero-order valence-corrected chi connectivity index (χ0v) is 11.0. The van der Waals surface area contributed by atoms with Crippen LogP contribution < -0.4 is 15.8 Å². The highest BCUT2D eigenvalue weighted by Gasteiger charge is 2.29. The van der Waals surface area contributed by atoms with E-state index in [-0.39, 0.29) is 29.4 Å². The van der Waals surface area contributed by atoms with E-state index in [2.05, 4.69) is 5.32 Å². The van der Waals surface area contributed by atoms with Gasteiger partial charge in [0.15, 0.2) is 11.6 Å². The number of halogens is 1. The maximum absolute atomic E-state index is 14.1. The number of nitrogens with two attached hydrogens (primary N) is 1. The average molecular weight is 266 g/mol. The number of carbonyl (C=O) groups excluding carboxylic acids is 1. The number of amides is 1. The second-order valence-electron chi connectivity index (χ2n) is 4.85. The minimum Gasteiger partial charge on any atom is -0.494 e. The second-order valence-corrected chi connectivity index (χ2v) is 4.85. The fraction of sp³-hybridized carbons (Fsp3) is 0.500. The molecule has 2 atom stereocenters. The van der Waals surface area contributed by atoms with Crippen molar-refractivity contribution in [1.29, 1.82) is 0 Å². The molecule has 2 rings (SSSR count). The Labute approximate surface area is 112 Å². The highest BCUT2D eigenvalue weighted by molar-refractivity contribution is 5.77. The molecule has 0 spiro atoms. The van der Waals surface area contributed by atoms with E-state index in [1.807, 2.05) is 0 Å². The average Bonchev–Trinajstić information content (AvgIpc) is 2.41. The van der Waals surface area contributed by atoms with Crippen LogP contribution in [-0.2, 0) is 11.2 Å². The molecule has 1 aromatic rings. The van der Waals surface area contributed by atoms with E-state index in [9.17, 15) is 9.18 Å². The predicted octanol–water partition coefficient (Wildman–Crippen LogP) is 1.23. The van der Waals surface area contributed by atoms with E-state index in [1.165, 1.54) is 7.11 Å². The quantitative estimate of drug-likeness (QED) is 0.861. The summed E-state index contributed by atoms with van der Waals surface area (Å²) in [6.45, 7) is 0.833. The van der Waals surface area contributed by atoms with Gasteiger partial charge in [0.1, 0.15) is 0 Å². The standard InChI is InChI=1S/C14H19FN2O2/c1-19-12-6-2-4-9(13(12)15)8-11-10(14(16)18)5-3-7-17-11/h2,4,6,10-11,17H,3,5,7-8H2,1H3,(H2,16,18). The topological polar surface area (TPSA) is 64.3 Å². The van der Waals surface area contributed by atoms with Gasteiger partial charge < -0.3 is 15.8 Å². The van der Waals surface area contributed by atoms with Gasteiger partial charge in [0.05, 0.1) is 13.0 Å². The lowest BCUT2D eigenvalue weighted by Gasteiger charge is -2.30. The molecule has 1 heterocycles. The number of hydrogen-bond acceptors (Lipinski definition) is 3. The van der Waals surface area contributed by atoms with Crippen LogP contribution in [0.5, 0.6) is 5.75 Å². The monoisotopic (exact) mass is 266 g/mol. The number of methoxy groups -OCH3 is 1. The van der Waals surface area contributed by atoms with Crippen LogP contribution in [-0.4, -0.2) is 25.6 Å². The molecule has 3 N–H and O–H groups in total. The number of carbonyl (C=O) groups is 1. The summed E-state index contributed by atoms with van der Waals surface area (Å²) in [6.07, 6.45) is 2.12. The summed E-state index contributed by atoms with van der Waals surface area (Å²) in [5.74, 6) is -0.690. The molecule has 19 heavy (non-hydrogen) atoms. The Bertz CT molecular complexity index is 465. The van der Waals surface area contributed by atoms with Crippen molar-refractivity contribution in [2.45, 2.75) is 25.3 Å². The van der Waals surface area contributed by atoms with Gasteiger partial charge in [-0.1, -0.05) is 12.1 Å². The Hall–Kier alpha value is -1.62. The number of hydrogen-bond donors (Lipinski definition) is 2. The van der Waals surface area contributed by atoms with Crippen molar-refractivity contribution in [2.24, 2.45) is 11.7 Å². The van der Waals surface area contributed by atoms with Crippen LogP contribution in [0.25, 0.3) is 0 Å².